The molecule has 21 heavy (non-hydrogen) atoms. The minimum atomic E-state index is -3.57. The zero-order chi connectivity index (χ0) is 15.2. The molecule has 0 bridgehead atoms. The number of nitrogens with zero attached hydrogens (tertiary/aromatic N) is 1. The van der Waals surface area contributed by atoms with E-state index in [4.69, 9.17) is 5.73 Å². The van der Waals surface area contributed by atoms with E-state index in [1.54, 1.807) is 12.1 Å². The van der Waals surface area contributed by atoms with E-state index in [1.165, 1.54) is 4.31 Å². The maximum Gasteiger partial charge on any atom is 0.245 e. The van der Waals surface area contributed by atoms with Crippen molar-refractivity contribution in [2.75, 3.05) is 5.73 Å². The van der Waals surface area contributed by atoms with E-state index in [0.717, 1.165) is 22.3 Å². The van der Waals surface area contributed by atoms with Gasteiger partial charge in [0.15, 0.2) is 0 Å². The summed E-state index contributed by atoms with van der Waals surface area (Å²) in [5.74, 6) is 0. The molecule has 2 N–H and O–H groups in total. The monoisotopic (exact) mass is 302 g/mol. The van der Waals surface area contributed by atoms with Crippen molar-refractivity contribution in [2.45, 2.75) is 31.8 Å². The minimum Gasteiger partial charge on any atom is -0.398 e. The molecule has 0 fully saturated rings. The first-order valence-corrected chi connectivity index (χ1v) is 8.27. The van der Waals surface area contributed by atoms with Crippen LogP contribution in [0.3, 0.4) is 0 Å². The molecule has 1 aliphatic heterocycles. The van der Waals surface area contributed by atoms with Crippen molar-refractivity contribution in [1.82, 2.24) is 4.31 Å². The molecule has 1 aliphatic rings. The first-order chi connectivity index (χ1) is 9.89. The van der Waals surface area contributed by atoms with E-state index < -0.39 is 10.0 Å². The highest BCUT2D eigenvalue weighted by Gasteiger charge is 2.31. The molecular formula is C16H18N2O2S. The Kier molecular flexibility index (Phi) is 3.26. The Balaban J connectivity index is 2.02. The molecule has 0 amide bonds. The summed E-state index contributed by atoms with van der Waals surface area (Å²) >= 11 is 0. The number of sulfonamides is 1. The zero-order valence-corrected chi connectivity index (χ0v) is 12.9. The third-order valence-corrected chi connectivity index (χ3v) is 5.90. The molecular weight excluding hydrogens is 284 g/mol. The molecule has 2 aromatic rings. The van der Waals surface area contributed by atoms with Gasteiger partial charge in [0.2, 0.25) is 10.0 Å². The fraction of sp³-hybridized carbons (Fsp3) is 0.250. The van der Waals surface area contributed by atoms with Crippen LogP contribution in [0.25, 0.3) is 0 Å². The standard InChI is InChI=1S/C16H18N2O2S/c1-11-7-15(17)16(8-12(11)2)21(19,20)18-9-13-5-3-4-6-14(13)10-18/h3-8H,9-10,17H2,1-2H3. The second-order valence-corrected chi connectivity index (χ2v) is 7.42. The van der Waals surface area contributed by atoms with Gasteiger partial charge < -0.3 is 5.73 Å². The fourth-order valence-electron chi connectivity index (χ4n) is 2.65. The summed E-state index contributed by atoms with van der Waals surface area (Å²) in [6.07, 6.45) is 0. The predicted octanol–water partition coefficient (Wildman–Crippen LogP) is 2.59. The van der Waals surface area contributed by atoms with Crippen LogP contribution in [0.4, 0.5) is 5.69 Å². The number of hydrogen-bond donors (Lipinski definition) is 1. The van der Waals surface area contributed by atoms with Gasteiger partial charge in [0.25, 0.3) is 0 Å². The van der Waals surface area contributed by atoms with Crippen LogP contribution in [-0.2, 0) is 23.1 Å². The van der Waals surface area contributed by atoms with Crippen molar-refractivity contribution in [3.8, 4) is 0 Å². The third kappa shape index (κ3) is 2.32. The summed E-state index contributed by atoms with van der Waals surface area (Å²) in [6, 6.07) is 11.2. The van der Waals surface area contributed by atoms with Gasteiger partial charge in [0.05, 0.1) is 5.69 Å². The second kappa shape index (κ2) is 4.86. The first-order valence-electron chi connectivity index (χ1n) is 6.83. The van der Waals surface area contributed by atoms with Gasteiger partial charge >= 0.3 is 0 Å². The summed E-state index contributed by atoms with van der Waals surface area (Å²) in [5, 5.41) is 0. The van der Waals surface area contributed by atoms with Gasteiger partial charge in [-0.2, -0.15) is 4.31 Å². The number of fused-ring (bicyclic) bond motifs is 1. The number of nitrogen functional groups attached to an aromatic ring is 1. The van der Waals surface area contributed by atoms with E-state index in [-0.39, 0.29) is 4.90 Å². The Morgan fingerprint density at radius 2 is 1.52 bits per heavy atom. The highest BCUT2D eigenvalue weighted by Crippen LogP contribution is 2.31. The Labute approximate surface area is 125 Å². The van der Waals surface area contributed by atoms with Crippen LogP contribution in [0.5, 0.6) is 0 Å². The van der Waals surface area contributed by atoms with Gasteiger partial charge in [0.1, 0.15) is 4.90 Å². The van der Waals surface area contributed by atoms with Crippen LogP contribution in [-0.4, -0.2) is 12.7 Å². The topological polar surface area (TPSA) is 63.4 Å². The SMILES string of the molecule is Cc1cc(N)c(S(=O)(=O)N2Cc3ccccc3C2)cc1C. The molecule has 0 radical (unpaired) electrons. The quantitative estimate of drug-likeness (QED) is 0.867. The molecule has 5 heteroatoms. The van der Waals surface area contributed by atoms with E-state index >= 15 is 0 Å². The number of nitrogens with two attached hydrogens (primary N) is 1. The first kappa shape index (κ1) is 14.1. The largest absolute Gasteiger partial charge is 0.398 e. The van der Waals surface area contributed by atoms with Gasteiger partial charge in [-0.25, -0.2) is 8.42 Å². The molecule has 0 aliphatic carbocycles. The van der Waals surface area contributed by atoms with Gasteiger partial charge in [-0.1, -0.05) is 24.3 Å². The van der Waals surface area contributed by atoms with Gasteiger partial charge in [-0.3, -0.25) is 0 Å². The van der Waals surface area contributed by atoms with Gasteiger partial charge in [-0.15, -0.1) is 0 Å². The van der Waals surface area contributed by atoms with Crippen molar-refractivity contribution >= 4 is 15.7 Å². The lowest BCUT2D eigenvalue weighted by Gasteiger charge is -2.18. The van der Waals surface area contributed by atoms with E-state index in [0.29, 0.717) is 18.8 Å². The molecule has 1 heterocycles. The Hall–Kier alpha value is -1.85. The highest BCUT2D eigenvalue weighted by molar-refractivity contribution is 7.89. The van der Waals surface area contributed by atoms with Crippen LogP contribution >= 0.6 is 0 Å². The Morgan fingerprint density at radius 3 is 2.10 bits per heavy atom. The molecule has 0 saturated heterocycles. The summed E-state index contributed by atoms with van der Waals surface area (Å²) in [7, 11) is -3.57. The summed E-state index contributed by atoms with van der Waals surface area (Å²) in [5.41, 5.74) is 10.3. The third-order valence-electron chi connectivity index (χ3n) is 4.06. The van der Waals surface area contributed by atoms with Crippen LogP contribution in [0.15, 0.2) is 41.3 Å². The minimum absolute atomic E-state index is 0.207. The fourth-order valence-corrected chi connectivity index (χ4v) is 4.23. The molecule has 110 valence electrons. The zero-order valence-electron chi connectivity index (χ0n) is 12.1. The lowest BCUT2D eigenvalue weighted by atomic mass is 10.1. The van der Waals surface area contributed by atoms with E-state index in [9.17, 15) is 8.42 Å². The Bertz CT molecular complexity index is 788. The molecule has 0 atom stereocenters. The highest BCUT2D eigenvalue weighted by atomic mass is 32.2. The van der Waals surface area contributed by atoms with Crippen LogP contribution in [0.1, 0.15) is 22.3 Å². The van der Waals surface area contributed by atoms with Crippen molar-refractivity contribution in [3.05, 3.63) is 58.7 Å². The molecule has 3 rings (SSSR count). The van der Waals surface area contributed by atoms with Crippen molar-refractivity contribution in [1.29, 1.82) is 0 Å². The summed E-state index contributed by atoms with van der Waals surface area (Å²) in [4.78, 5) is 0.207. The summed E-state index contributed by atoms with van der Waals surface area (Å²) in [6.45, 7) is 4.63. The number of aryl methyl sites for hydroxylation is 2. The van der Waals surface area contributed by atoms with E-state index in [1.807, 2.05) is 38.1 Å². The number of anilines is 1. The van der Waals surface area contributed by atoms with Crippen molar-refractivity contribution < 1.29 is 8.42 Å². The maximum absolute atomic E-state index is 12.8. The summed E-state index contributed by atoms with van der Waals surface area (Å²) < 4.78 is 27.2. The number of hydrogen-bond acceptors (Lipinski definition) is 3. The lowest BCUT2D eigenvalue weighted by molar-refractivity contribution is 0.432. The number of rotatable bonds is 2. The number of benzene rings is 2. The normalized spacial score (nSPS) is 15.1. The van der Waals surface area contributed by atoms with E-state index in [2.05, 4.69) is 0 Å². The predicted molar refractivity (Wildman–Crippen MR) is 83.2 cm³/mol. The maximum atomic E-state index is 12.8. The van der Waals surface area contributed by atoms with Gasteiger partial charge in [-0.05, 0) is 48.2 Å². The molecule has 0 aromatic heterocycles. The average molecular weight is 302 g/mol. The smallest absolute Gasteiger partial charge is 0.245 e. The van der Waals surface area contributed by atoms with Crippen LogP contribution in [0.2, 0.25) is 0 Å². The molecule has 2 aromatic carbocycles. The molecule has 0 spiro atoms. The Morgan fingerprint density at radius 1 is 1.00 bits per heavy atom. The molecule has 4 nitrogen and oxygen atoms in total. The molecule has 0 unspecified atom stereocenters. The average Bonchev–Trinajstić information content (AvgIpc) is 2.87. The van der Waals surface area contributed by atoms with Crippen molar-refractivity contribution in [3.63, 3.8) is 0 Å². The van der Waals surface area contributed by atoms with Crippen LogP contribution in [0, 0.1) is 13.8 Å². The van der Waals surface area contributed by atoms with Gasteiger partial charge in [0, 0.05) is 13.1 Å². The molecule has 0 saturated carbocycles. The van der Waals surface area contributed by atoms with Crippen LogP contribution < -0.4 is 5.73 Å². The lowest BCUT2D eigenvalue weighted by Crippen LogP contribution is -2.26. The van der Waals surface area contributed by atoms with Crippen molar-refractivity contribution in [2.24, 2.45) is 0 Å². The second-order valence-electron chi connectivity index (χ2n) is 5.52.